The molecule has 2 N–H and O–H groups in total. The fourth-order valence-corrected chi connectivity index (χ4v) is 2.77. The second kappa shape index (κ2) is 8.10. The Labute approximate surface area is 135 Å². The van der Waals surface area contributed by atoms with Gasteiger partial charge in [-0.05, 0) is 31.7 Å². The van der Waals surface area contributed by atoms with E-state index >= 15 is 0 Å². The summed E-state index contributed by atoms with van der Waals surface area (Å²) in [6.45, 7) is 4.26. The van der Waals surface area contributed by atoms with Gasteiger partial charge < -0.3 is 10.4 Å². The zero-order chi connectivity index (χ0) is 15.9. The molecular formula is C16H22N4OS. The Morgan fingerprint density at radius 2 is 2.00 bits per heavy atom. The van der Waals surface area contributed by atoms with Crippen molar-refractivity contribution >= 4 is 17.6 Å². The monoisotopic (exact) mass is 318 g/mol. The molecule has 0 radical (unpaired) electrons. The molecule has 2 rings (SSSR count). The minimum Gasteiger partial charge on any atom is -0.395 e. The summed E-state index contributed by atoms with van der Waals surface area (Å²) in [4.78, 5) is 13.2. The Morgan fingerprint density at radius 3 is 2.59 bits per heavy atom. The van der Waals surface area contributed by atoms with Crippen molar-refractivity contribution in [3.8, 4) is 11.4 Å². The Morgan fingerprint density at radius 1 is 1.27 bits per heavy atom. The fourth-order valence-electron chi connectivity index (χ4n) is 2.15. The zero-order valence-corrected chi connectivity index (χ0v) is 14.0. The Hall–Kier alpha value is -1.66. The summed E-state index contributed by atoms with van der Waals surface area (Å²) >= 11 is 1.64. The molecule has 0 fully saturated rings. The molecule has 0 saturated heterocycles. The SMILES string of the molecule is CCc1cc(N[C@H](C)[C@@H](CO)SC)nc(-c2ccncc2)n1. The van der Waals surface area contributed by atoms with E-state index in [1.165, 1.54) is 0 Å². The standard InChI is InChI=1S/C16H22N4OS/c1-4-13-9-15(18-11(2)14(10-21)22-3)20-16(19-13)12-5-7-17-8-6-12/h5-9,11,14,21H,4,10H2,1-3H3,(H,18,19,20)/t11-,14-/m1/s1. The first-order valence-corrected chi connectivity index (χ1v) is 8.65. The van der Waals surface area contributed by atoms with Crippen molar-refractivity contribution in [1.82, 2.24) is 15.0 Å². The van der Waals surface area contributed by atoms with Crippen LogP contribution < -0.4 is 5.32 Å². The predicted molar refractivity (Wildman–Crippen MR) is 92.1 cm³/mol. The Balaban J connectivity index is 2.28. The molecule has 0 spiro atoms. The van der Waals surface area contributed by atoms with Crippen LogP contribution in [0.1, 0.15) is 19.5 Å². The molecule has 2 aromatic rings. The van der Waals surface area contributed by atoms with Gasteiger partial charge in [0.2, 0.25) is 0 Å². The van der Waals surface area contributed by atoms with Crippen LogP contribution >= 0.6 is 11.8 Å². The summed E-state index contributed by atoms with van der Waals surface area (Å²) in [7, 11) is 0. The topological polar surface area (TPSA) is 70.9 Å². The van der Waals surface area contributed by atoms with Crippen LogP contribution in [0, 0.1) is 0 Å². The second-order valence-corrected chi connectivity index (χ2v) is 6.12. The minimum atomic E-state index is 0.116. The third-order valence-corrected chi connectivity index (χ3v) is 4.66. The Bertz CT molecular complexity index is 590. The number of pyridine rings is 1. The van der Waals surface area contributed by atoms with Crippen molar-refractivity contribution in [2.45, 2.75) is 31.6 Å². The quantitative estimate of drug-likeness (QED) is 0.818. The lowest BCUT2D eigenvalue weighted by Gasteiger charge is -2.22. The number of rotatable bonds is 7. The number of aromatic nitrogens is 3. The molecule has 6 heteroatoms. The van der Waals surface area contributed by atoms with Crippen LogP contribution in [0.15, 0.2) is 30.6 Å². The maximum absolute atomic E-state index is 9.41. The van der Waals surface area contributed by atoms with E-state index in [2.05, 4.69) is 34.1 Å². The zero-order valence-electron chi connectivity index (χ0n) is 13.2. The lowest BCUT2D eigenvalue weighted by molar-refractivity contribution is 0.288. The normalized spacial score (nSPS) is 13.6. The molecule has 2 atom stereocenters. The average molecular weight is 318 g/mol. The van der Waals surface area contributed by atoms with Gasteiger partial charge in [0.05, 0.1) is 6.61 Å². The third kappa shape index (κ3) is 4.18. The summed E-state index contributed by atoms with van der Waals surface area (Å²) in [6.07, 6.45) is 6.32. The van der Waals surface area contributed by atoms with E-state index in [1.807, 2.05) is 24.5 Å². The number of nitrogens with one attached hydrogen (secondary N) is 1. The van der Waals surface area contributed by atoms with E-state index in [9.17, 15) is 5.11 Å². The molecule has 2 heterocycles. The van der Waals surface area contributed by atoms with Gasteiger partial charge in [-0.1, -0.05) is 6.92 Å². The van der Waals surface area contributed by atoms with Crippen LogP contribution in [0.4, 0.5) is 5.82 Å². The number of aliphatic hydroxyl groups is 1. The van der Waals surface area contributed by atoms with Gasteiger partial charge >= 0.3 is 0 Å². The van der Waals surface area contributed by atoms with Crippen molar-refractivity contribution < 1.29 is 5.11 Å². The maximum atomic E-state index is 9.41. The first-order chi connectivity index (χ1) is 10.7. The van der Waals surface area contributed by atoms with Gasteiger partial charge in [-0.25, -0.2) is 9.97 Å². The molecule has 0 unspecified atom stereocenters. The van der Waals surface area contributed by atoms with E-state index in [4.69, 9.17) is 0 Å². The number of hydrogen-bond donors (Lipinski definition) is 2. The first-order valence-electron chi connectivity index (χ1n) is 7.36. The number of anilines is 1. The van der Waals surface area contributed by atoms with Crippen LogP contribution in [0.3, 0.4) is 0 Å². The smallest absolute Gasteiger partial charge is 0.161 e. The number of aliphatic hydroxyl groups excluding tert-OH is 1. The van der Waals surface area contributed by atoms with Gasteiger partial charge in [-0.3, -0.25) is 4.98 Å². The highest BCUT2D eigenvalue weighted by Gasteiger charge is 2.16. The van der Waals surface area contributed by atoms with E-state index < -0.39 is 0 Å². The predicted octanol–water partition coefficient (Wildman–Crippen LogP) is 2.63. The van der Waals surface area contributed by atoms with Crippen molar-refractivity contribution in [3.63, 3.8) is 0 Å². The van der Waals surface area contributed by atoms with Crippen molar-refractivity contribution in [2.75, 3.05) is 18.2 Å². The molecule has 0 aliphatic carbocycles. The van der Waals surface area contributed by atoms with Crippen LogP contribution in [-0.2, 0) is 6.42 Å². The van der Waals surface area contributed by atoms with Crippen LogP contribution in [0.25, 0.3) is 11.4 Å². The molecule has 0 aliphatic heterocycles. The molecule has 22 heavy (non-hydrogen) atoms. The summed E-state index contributed by atoms with van der Waals surface area (Å²) in [5.41, 5.74) is 1.94. The fraction of sp³-hybridized carbons (Fsp3) is 0.438. The van der Waals surface area contributed by atoms with Crippen LogP contribution in [-0.4, -0.2) is 44.2 Å². The van der Waals surface area contributed by atoms with Crippen molar-refractivity contribution in [2.24, 2.45) is 0 Å². The lowest BCUT2D eigenvalue weighted by atomic mass is 10.2. The van der Waals surface area contributed by atoms with Gasteiger partial charge in [-0.2, -0.15) is 11.8 Å². The first kappa shape index (κ1) is 16.7. The van der Waals surface area contributed by atoms with Crippen molar-refractivity contribution in [3.05, 3.63) is 36.3 Å². The molecule has 0 saturated carbocycles. The molecule has 2 aromatic heterocycles. The molecule has 0 aliphatic rings. The molecule has 118 valence electrons. The summed E-state index contributed by atoms with van der Waals surface area (Å²) in [5, 5.41) is 12.9. The maximum Gasteiger partial charge on any atom is 0.161 e. The highest BCUT2D eigenvalue weighted by Crippen LogP contribution is 2.20. The Kier molecular flexibility index (Phi) is 6.15. The molecule has 0 amide bonds. The average Bonchev–Trinajstić information content (AvgIpc) is 2.56. The van der Waals surface area contributed by atoms with Gasteiger partial charge in [0.1, 0.15) is 5.82 Å². The van der Waals surface area contributed by atoms with E-state index in [-0.39, 0.29) is 17.9 Å². The number of aryl methyl sites for hydroxylation is 1. The van der Waals surface area contributed by atoms with E-state index in [0.717, 1.165) is 23.5 Å². The summed E-state index contributed by atoms with van der Waals surface area (Å²) in [6, 6.07) is 5.89. The van der Waals surface area contributed by atoms with Crippen molar-refractivity contribution in [1.29, 1.82) is 0 Å². The number of nitrogens with zero attached hydrogens (tertiary/aromatic N) is 3. The molecular weight excluding hydrogens is 296 g/mol. The number of hydrogen-bond acceptors (Lipinski definition) is 6. The van der Waals surface area contributed by atoms with Crippen LogP contribution in [0.2, 0.25) is 0 Å². The number of thioether (sulfide) groups is 1. The summed E-state index contributed by atoms with van der Waals surface area (Å²) < 4.78 is 0. The van der Waals surface area contributed by atoms with Gasteiger partial charge in [-0.15, -0.1) is 0 Å². The lowest BCUT2D eigenvalue weighted by Crippen LogP contribution is -2.31. The van der Waals surface area contributed by atoms with Gasteiger partial charge in [0.15, 0.2) is 5.82 Å². The summed E-state index contributed by atoms with van der Waals surface area (Å²) in [5.74, 6) is 1.49. The van der Waals surface area contributed by atoms with Gasteiger partial charge in [0, 0.05) is 41.0 Å². The highest BCUT2D eigenvalue weighted by molar-refractivity contribution is 7.99. The van der Waals surface area contributed by atoms with Crippen LogP contribution in [0.5, 0.6) is 0 Å². The largest absolute Gasteiger partial charge is 0.395 e. The second-order valence-electron chi connectivity index (χ2n) is 5.05. The van der Waals surface area contributed by atoms with E-state index in [1.54, 1.807) is 24.2 Å². The van der Waals surface area contributed by atoms with Gasteiger partial charge in [0.25, 0.3) is 0 Å². The minimum absolute atomic E-state index is 0.116. The highest BCUT2D eigenvalue weighted by atomic mass is 32.2. The third-order valence-electron chi connectivity index (χ3n) is 3.50. The van der Waals surface area contributed by atoms with E-state index in [0.29, 0.717) is 5.82 Å². The molecule has 0 bridgehead atoms. The molecule has 5 nitrogen and oxygen atoms in total. The molecule has 0 aromatic carbocycles.